The molecule has 0 saturated heterocycles. The summed E-state index contributed by atoms with van der Waals surface area (Å²) in [5, 5.41) is 1.23. The van der Waals surface area contributed by atoms with Crippen LogP contribution in [-0.2, 0) is 6.42 Å². The van der Waals surface area contributed by atoms with Gasteiger partial charge in [0.2, 0.25) is 0 Å². The fourth-order valence-corrected chi connectivity index (χ4v) is 5.13. The van der Waals surface area contributed by atoms with Crippen LogP contribution in [0.15, 0.2) is 18.2 Å². The van der Waals surface area contributed by atoms with Crippen LogP contribution in [0.4, 0.5) is 4.39 Å². The molecule has 0 nitrogen and oxygen atoms in total. The molecule has 3 heteroatoms. The fraction of sp³-hybridized carbons (Fsp3) is 0.600. The van der Waals surface area contributed by atoms with Crippen molar-refractivity contribution in [3.05, 3.63) is 34.6 Å². The van der Waals surface area contributed by atoms with Crippen molar-refractivity contribution >= 4 is 27.5 Å². The highest BCUT2D eigenvalue weighted by molar-refractivity contribution is 9.09. The van der Waals surface area contributed by atoms with Gasteiger partial charge < -0.3 is 0 Å². The Morgan fingerprint density at radius 1 is 1.39 bits per heavy atom. The van der Waals surface area contributed by atoms with E-state index in [2.05, 4.69) is 15.9 Å². The maximum Gasteiger partial charge on any atom is 0.144 e. The minimum absolute atomic E-state index is 0.220. The summed E-state index contributed by atoms with van der Waals surface area (Å²) in [5.41, 5.74) is 1.04. The average molecular weight is 332 g/mol. The smallest absolute Gasteiger partial charge is 0.144 e. The van der Waals surface area contributed by atoms with Crippen molar-refractivity contribution in [3.8, 4) is 0 Å². The lowest BCUT2D eigenvalue weighted by molar-refractivity contribution is 0.195. The van der Waals surface area contributed by atoms with Crippen molar-refractivity contribution in [1.29, 1.82) is 0 Å². The van der Waals surface area contributed by atoms with E-state index in [9.17, 15) is 4.39 Å². The summed E-state index contributed by atoms with van der Waals surface area (Å²) in [6.45, 7) is 0. The Morgan fingerprint density at radius 3 is 2.83 bits per heavy atom. The highest BCUT2D eigenvalue weighted by atomic mass is 79.9. The number of hydrogen-bond acceptors (Lipinski definition) is 0. The zero-order chi connectivity index (χ0) is 12.8. The molecule has 0 aliphatic heterocycles. The first-order valence-corrected chi connectivity index (χ1v) is 8.13. The summed E-state index contributed by atoms with van der Waals surface area (Å²) < 4.78 is 14.1. The van der Waals surface area contributed by atoms with Crippen molar-refractivity contribution < 1.29 is 4.39 Å². The molecular weight excluding hydrogens is 315 g/mol. The summed E-state index contributed by atoms with van der Waals surface area (Å²) in [5.74, 6) is 1.41. The minimum atomic E-state index is -0.220. The average Bonchev–Trinajstić information content (AvgIpc) is 2.96. The van der Waals surface area contributed by atoms with Crippen LogP contribution < -0.4 is 0 Å². The molecule has 0 spiro atoms. The Balaban J connectivity index is 1.88. The van der Waals surface area contributed by atoms with E-state index < -0.39 is 0 Å². The second-order valence-corrected chi connectivity index (χ2v) is 6.93. The van der Waals surface area contributed by atoms with Gasteiger partial charge in [-0.25, -0.2) is 4.39 Å². The van der Waals surface area contributed by atoms with E-state index in [-0.39, 0.29) is 16.3 Å². The molecule has 2 bridgehead atoms. The number of benzene rings is 1. The van der Waals surface area contributed by atoms with Gasteiger partial charge in [-0.05, 0) is 54.6 Å². The van der Waals surface area contributed by atoms with Gasteiger partial charge in [-0.1, -0.05) is 46.1 Å². The number of halogens is 3. The molecule has 0 radical (unpaired) electrons. The standard InChI is InChI=1S/C15H17BrClF/c16-9-15(7-10-4-5-12(15)6-10)8-11-2-1-3-13(17)14(11)18/h1-3,10,12H,4-9H2. The van der Waals surface area contributed by atoms with E-state index in [4.69, 9.17) is 11.6 Å². The summed E-state index contributed by atoms with van der Waals surface area (Å²) in [6.07, 6.45) is 6.10. The van der Waals surface area contributed by atoms with Crippen molar-refractivity contribution in [1.82, 2.24) is 0 Å². The highest BCUT2D eigenvalue weighted by Gasteiger charge is 2.50. The second kappa shape index (κ2) is 4.79. The molecule has 3 atom stereocenters. The van der Waals surface area contributed by atoms with Gasteiger partial charge in [0.1, 0.15) is 5.82 Å². The van der Waals surface area contributed by atoms with Gasteiger partial charge in [0.15, 0.2) is 0 Å². The van der Waals surface area contributed by atoms with Crippen molar-refractivity contribution in [2.75, 3.05) is 5.33 Å². The van der Waals surface area contributed by atoms with Gasteiger partial charge in [-0.15, -0.1) is 0 Å². The van der Waals surface area contributed by atoms with E-state index in [0.29, 0.717) is 0 Å². The third kappa shape index (κ3) is 2.02. The molecule has 0 N–H and O–H groups in total. The molecule has 0 amide bonds. The van der Waals surface area contributed by atoms with Crippen LogP contribution in [0.1, 0.15) is 31.2 Å². The molecule has 2 aliphatic rings. The monoisotopic (exact) mass is 330 g/mol. The second-order valence-electron chi connectivity index (χ2n) is 5.97. The Bertz CT molecular complexity index is 462. The lowest BCUT2D eigenvalue weighted by atomic mass is 9.71. The molecule has 2 fully saturated rings. The van der Waals surface area contributed by atoms with Crippen LogP contribution in [0.3, 0.4) is 0 Å². The van der Waals surface area contributed by atoms with Gasteiger partial charge >= 0.3 is 0 Å². The Morgan fingerprint density at radius 2 is 2.22 bits per heavy atom. The van der Waals surface area contributed by atoms with Crippen LogP contribution >= 0.6 is 27.5 Å². The molecule has 3 rings (SSSR count). The fourth-order valence-electron chi connectivity index (χ4n) is 4.05. The topological polar surface area (TPSA) is 0 Å². The van der Waals surface area contributed by atoms with Crippen molar-refractivity contribution in [2.24, 2.45) is 17.3 Å². The molecule has 2 saturated carbocycles. The number of fused-ring (bicyclic) bond motifs is 2. The summed E-state index contributed by atoms with van der Waals surface area (Å²) in [7, 11) is 0. The van der Waals surface area contributed by atoms with Crippen LogP contribution in [0.2, 0.25) is 5.02 Å². The lowest BCUT2D eigenvalue weighted by Gasteiger charge is -2.36. The molecule has 98 valence electrons. The largest absolute Gasteiger partial charge is 0.205 e. The number of alkyl halides is 1. The summed E-state index contributed by atoms with van der Waals surface area (Å²) in [6, 6.07) is 5.37. The number of hydrogen-bond donors (Lipinski definition) is 0. The van der Waals surface area contributed by atoms with Crippen LogP contribution in [0.25, 0.3) is 0 Å². The van der Waals surface area contributed by atoms with Gasteiger partial charge in [0.25, 0.3) is 0 Å². The molecule has 1 aromatic carbocycles. The molecule has 0 heterocycles. The first kappa shape index (κ1) is 12.9. The third-order valence-electron chi connectivity index (χ3n) is 4.94. The van der Waals surface area contributed by atoms with E-state index >= 15 is 0 Å². The zero-order valence-electron chi connectivity index (χ0n) is 10.3. The Labute approximate surface area is 121 Å². The first-order chi connectivity index (χ1) is 8.64. The summed E-state index contributed by atoms with van der Waals surface area (Å²) in [4.78, 5) is 0. The summed E-state index contributed by atoms with van der Waals surface area (Å²) >= 11 is 9.56. The zero-order valence-corrected chi connectivity index (χ0v) is 12.6. The van der Waals surface area contributed by atoms with E-state index in [0.717, 1.165) is 29.2 Å². The molecule has 0 aromatic heterocycles. The van der Waals surface area contributed by atoms with Crippen LogP contribution in [0.5, 0.6) is 0 Å². The minimum Gasteiger partial charge on any atom is -0.205 e. The highest BCUT2D eigenvalue weighted by Crippen LogP contribution is 2.58. The predicted octanol–water partition coefficient (Wildman–Crippen LogP) is 5.22. The van der Waals surface area contributed by atoms with Crippen molar-refractivity contribution in [3.63, 3.8) is 0 Å². The van der Waals surface area contributed by atoms with E-state index in [1.165, 1.54) is 25.7 Å². The maximum atomic E-state index is 14.1. The maximum absolute atomic E-state index is 14.1. The van der Waals surface area contributed by atoms with E-state index in [1.54, 1.807) is 6.07 Å². The normalized spacial score (nSPS) is 34.2. The molecular formula is C15H17BrClF. The van der Waals surface area contributed by atoms with Gasteiger partial charge in [-0.3, -0.25) is 0 Å². The lowest BCUT2D eigenvalue weighted by Crippen LogP contribution is -2.32. The molecule has 18 heavy (non-hydrogen) atoms. The SMILES string of the molecule is Fc1c(Cl)cccc1CC1(CBr)CC2CCC1C2. The Kier molecular flexibility index (Phi) is 3.44. The van der Waals surface area contributed by atoms with Gasteiger partial charge in [0, 0.05) is 5.33 Å². The number of rotatable bonds is 3. The molecule has 3 unspecified atom stereocenters. The predicted molar refractivity (Wildman–Crippen MR) is 76.8 cm³/mol. The van der Waals surface area contributed by atoms with Crippen LogP contribution in [0, 0.1) is 23.1 Å². The van der Waals surface area contributed by atoms with Crippen molar-refractivity contribution in [2.45, 2.75) is 32.1 Å². The molecule has 2 aliphatic carbocycles. The first-order valence-electron chi connectivity index (χ1n) is 6.63. The van der Waals surface area contributed by atoms with Gasteiger partial charge in [-0.2, -0.15) is 0 Å². The van der Waals surface area contributed by atoms with Gasteiger partial charge in [0.05, 0.1) is 5.02 Å². The van der Waals surface area contributed by atoms with Crippen LogP contribution in [-0.4, -0.2) is 5.33 Å². The third-order valence-corrected chi connectivity index (χ3v) is 6.35. The Hall–Kier alpha value is -0.0800. The molecule has 1 aromatic rings. The quantitative estimate of drug-likeness (QED) is 0.666. The van der Waals surface area contributed by atoms with E-state index in [1.807, 2.05) is 12.1 Å².